The molecule has 0 saturated carbocycles. The van der Waals surface area contributed by atoms with Gasteiger partial charge in [-0.1, -0.05) is 15.9 Å². The molecule has 0 aliphatic heterocycles. The van der Waals surface area contributed by atoms with E-state index in [9.17, 15) is 4.79 Å². The Morgan fingerprint density at radius 1 is 1.71 bits per heavy atom. The van der Waals surface area contributed by atoms with Gasteiger partial charge in [0.2, 0.25) is 0 Å². The average molecular weight is 218 g/mol. The number of rotatable bonds is 2. The standard InChI is InChI=1S/C3H5BrO2.Zn/c4-2-1-3(5)6;/h1-2H2,(H,5,6);. The molecule has 38 valence electrons. The van der Waals surface area contributed by atoms with Crippen LogP contribution < -0.4 is 0 Å². The maximum absolute atomic E-state index is 9.57. The summed E-state index contributed by atoms with van der Waals surface area (Å²) in [6.45, 7) is 0. The largest absolute Gasteiger partial charge is 0.481 e. The van der Waals surface area contributed by atoms with Crippen LogP contribution in [0.2, 0.25) is 0 Å². The number of carbonyl (C=O) groups is 1. The average Bonchev–Trinajstić information content (AvgIpc) is 1.35. The van der Waals surface area contributed by atoms with Gasteiger partial charge in [0, 0.05) is 24.8 Å². The minimum absolute atomic E-state index is 0. The molecule has 0 aromatic carbocycles. The summed E-state index contributed by atoms with van der Waals surface area (Å²) in [5.41, 5.74) is 0. The summed E-state index contributed by atoms with van der Waals surface area (Å²) in [5.74, 6) is -0.758. The maximum Gasteiger partial charge on any atom is 0.304 e. The van der Waals surface area contributed by atoms with E-state index >= 15 is 0 Å². The molecule has 0 saturated heterocycles. The number of carboxylic acid groups (broad SMARTS) is 1. The van der Waals surface area contributed by atoms with Gasteiger partial charge in [0.25, 0.3) is 0 Å². The normalized spacial score (nSPS) is 7.00. The number of alkyl halides is 1. The molecule has 0 amide bonds. The Labute approximate surface area is 63.2 Å². The third-order valence-corrected chi connectivity index (χ3v) is 0.705. The van der Waals surface area contributed by atoms with Crippen LogP contribution in [0.3, 0.4) is 0 Å². The van der Waals surface area contributed by atoms with Gasteiger partial charge < -0.3 is 5.11 Å². The van der Waals surface area contributed by atoms with Gasteiger partial charge in [0.1, 0.15) is 0 Å². The summed E-state index contributed by atoms with van der Waals surface area (Å²) in [7, 11) is 0. The van der Waals surface area contributed by atoms with E-state index in [4.69, 9.17) is 5.11 Å². The first-order chi connectivity index (χ1) is 2.77. The summed E-state index contributed by atoms with van der Waals surface area (Å²) in [5, 5.41) is 8.43. The van der Waals surface area contributed by atoms with Crippen molar-refractivity contribution < 1.29 is 29.4 Å². The van der Waals surface area contributed by atoms with Crippen LogP contribution in [0.5, 0.6) is 0 Å². The second-order valence-corrected chi connectivity index (χ2v) is 1.63. The van der Waals surface area contributed by atoms with Crippen LogP contribution in [0, 0.1) is 0 Å². The second kappa shape index (κ2) is 6.57. The third kappa shape index (κ3) is 10.8. The molecule has 0 spiro atoms. The summed E-state index contributed by atoms with van der Waals surface area (Å²) < 4.78 is 0. The minimum Gasteiger partial charge on any atom is -0.481 e. The van der Waals surface area contributed by atoms with Crippen molar-refractivity contribution in [1.82, 2.24) is 0 Å². The van der Waals surface area contributed by atoms with Crippen molar-refractivity contribution >= 4 is 21.9 Å². The fourth-order valence-electron chi connectivity index (χ4n) is 0.0808. The van der Waals surface area contributed by atoms with E-state index in [0.717, 1.165) is 0 Å². The summed E-state index contributed by atoms with van der Waals surface area (Å²) in [6.07, 6.45) is 0.208. The molecule has 0 fully saturated rings. The van der Waals surface area contributed by atoms with E-state index in [1.807, 2.05) is 0 Å². The quantitative estimate of drug-likeness (QED) is 0.551. The van der Waals surface area contributed by atoms with Crippen molar-refractivity contribution in [3.8, 4) is 0 Å². The summed E-state index contributed by atoms with van der Waals surface area (Å²) in [6, 6.07) is 0. The Morgan fingerprint density at radius 2 is 2.14 bits per heavy atom. The van der Waals surface area contributed by atoms with Gasteiger partial charge in [-0.25, -0.2) is 0 Å². The Balaban J connectivity index is 0. The van der Waals surface area contributed by atoms with E-state index in [0.29, 0.717) is 5.33 Å². The monoisotopic (exact) mass is 216 g/mol. The summed E-state index contributed by atoms with van der Waals surface area (Å²) in [4.78, 5) is 9.57. The van der Waals surface area contributed by atoms with E-state index in [-0.39, 0.29) is 25.9 Å². The van der Waals surface area contributed by atoms with Crippen molar-refractivity contribution in [2.24, 2.45) is 0 Å². The van der Waals surface area contributed by atoms with Crippen LogP contribution in [0.15, 0.2) is 0 Å². The van der Waals surface area contributed by atoms with E-state index in [2.05, 4.69) is 15.9 Å². The van der Waals surface area contributed by atoms with Gasteiger partial charge in [-0.15, -0.1) is 0 Å². The van der Waals surface area contributed by atoms with Gasteiger partial charge in [-0.2, -0.15) is 0 Å². The Hall–Kier alpha value is 0.573. The van der Waals surface area contributed by atoms with E-state index in [1.54, 1.807) is 0 Å². The number of aliphatic carboxylic acids is 1. The zero-order valence-electron chi connectivity index (χ0n) is 3.85. The number of carboxylic acids is 1. The Bertz CT molecular complexity index is 56.9. The van der Waals surface area contributed by atoms with Gasteiger partial charge >= 0.3 is 5.97 Å². The zero-order valence-corrected chi connectivity index (χ0v) is 8.41. The smallest absolute Gasteiger partial charge is 0.304 e. The Morgan fingerprint density at radius 3 is 2.14 bits per heavy atom. The number of hydrogen-bond donors (Lipinski definition) is 1. The molecule has 0 heterocycles. The molecule has 0 rings (SSSR count). The SMILES string of the molecule is O=C(O)CCBr.[Zn]. The third-order valence-electron chi connectivity index (χ3n) is 0.308. The van der Waals surface area contributed by atoms with Crippen molar-refractivity contribution in [3.05, 3.63) is 0 Å². The van der Waals surface area contributed by atoms with E-state index in [1.165, 1.54) is 0 Å². The molecular weight excluding hydrogens is 213 g/mol. The van der Waals surface area contributed by atoms with E-state index < -0.39 is 5.97 Å². The van der Waals surface area contributed by atoms with Crippen LogP contribution in [0.25, 0.3) is 0 Å². The van der Waals surface area contributed by atoms with Crippen molar-refractivity contribution in [2.45, 2.75) is 6.42 Å². The van der Waals surface area contributed by atoms with Crippen molar-refractivity contribution in [1.29, 1.82) is 0 Å². The molecule has 0 aromatic heterocycles. The first-order valence-electron chi connectivity index (χ1n) is 1.55. The van der Waals surface area contributed by atoms with Gasteiger partial charge in [-0.05, 0) is 0 Å². The topological polar surface area (TPSA) is 37.3 Å². The van der Waals surface area contributed by atoms with Crippen molar-refractivity contribution in [2.75, 3.05) is 5.33 Å². The van der Waals surface area contributed by atoms with Crippen LogP contribution in [-0.4, -0.2) is 16.4 Å². The molecule has 1 N–H and O–H groups in total. The molecule has 4 heteroatoms. The fraction of sp³-hybridized carbons (Fsp3) is 0.667. The predicted octanol–water partition coefficient (Wildman–Crippen LogP) is 0.854. The molecule has 2 nitrogen and oxygen atoms in total. The molecular formula is C3H5BrO2Zn. The first-order valence-corrected chi connectivity index (χ1v) is 2.67. The first kappa shape index (κ1) is 10.5. The van der Waals surface area contributed by atoms with Gasteiger partial charge in [0.05, 0.1) is 6.42 Å². The Kier molecular flexibility index (Phi) is 9.89. The maximum atomic E-state index is 9.57. The molecule has 0 radical (unpaired) electrons. The minimum atomic E-state index is -0.758. The molecule has 0 atom stereocenters. The van der Waals surface area contributed by atoms with Crippen LogP contribution in [0.1, 0.15) is 6.42 Å². The molecule has 0 aromatic rings. The van der Waals surface area contributed by atoms with Crippen LogP contribution in [-0.2, 0) is 24.3 Å². The summed E-state index contributed by atoms with van der Waals surface area (Å²) >= 11 is 2.97. The van der Waals surface area contributed by atoms with Crippen molar-refractivity contribution in [3.63, 3.8) is 0 Å². The molecule has 0 aliphatic rings. The molecule has 0 unspecified atom stereocenters. The van der Waals surface area contributed by atoms with Gasteiger partial charge in [0.15, 0.2) is 0 Å². The molecule has 0 bridgehead atoms. The molecule has 7 heavy (non-hydrogen) atoms. The predicted molar refractivity (Wildman–Crippen MR) is 26.0 cm³/mol. The van der Waals surface area contributed by atoms with Crippen LogP contribution in [0.4, 0.5) is 0 Å². The number of hydrogen-bond acceptors (Lipinski definition) is 1. The van der Waals surface area contributed by atoms with Gasteiger partial charge in [-0.3, -0.25) is 4.79 Å². The fourth-order valence-corrected chi connectivity index (χ4v) is 0.420. The molecule has 0 aliphatic carbocycles. The van der Waals surface area contributed by atoms with Crippen LogP contribution >= 0.6 is 15.9 Å². The number of halogens is 1. The second-order valence-electron chi connectivity index (χ2n) is 0.833. The zero-order chi connectivity index (χ0) is 4.99.